The van der Waals surface area contributed by atoms with E-state index in [1.165, 1.54) is 17.7 Å². The molecule has 1 atom stereocenters. The second-order valence-electron chi connectivity index (χ2n) is 4.06. The first kappa shape index (κ1) is 12.6. The first-order valence-electron chi connectivity index (χ1n) is 5.66. The molecule has 1 unspecified atom stereocenters. The minimum atomic E-state index is 0.837. The molecule has 1 aromatic rings. The summed E-state index contributed by atoms with van der Waals surface area (Å²) in [7, 11) is 2.17. The largest absolute Gasteiger partial charge is 0.249 e. The Bertz CT molecular complexity index is 260. The normalized spacial score (nSPS) is 13.1. The summed E-state index contributed by atoms with van der Waals surface area (Å²) >= 11 is 1.83. The predicted molar refractivity (Wildman–Crippen MR) is 69.0 cm³/mol. The van der Waals surface area contributed by atoms with Crippen LogP contribution >= 0.6 is 11.9 Å². The Morgan fingerprint density at radius 2 is 1.93 bits per heavy atom. The third-order valence-electron chi connectivity index (χ3n) is 2.64. The van der Waals surface area contributed by atoms with E-state index in [4.69, 9.17) is 0 Å². The SMILES string of the molecule is CCC(C)CCN(C)Sc1ccccc1. The highest BCUT2D eigenvalue weighted by atomic mass is 32.2. The highest BCUT2D eigenvalue weighted by Crippen LogP contribution is 2.21. The van der Waals surface area contributed by atoms with Crippen molar-refractivity contribution in [1.29, 1.82) is 0 Å². The lowest BCUT2D eigenvalue weighted by Gasteiger charge is -2.17. The van der Waals surface area contributed by atoms with Crippen LogP contribution in [0.1, 0.15) is 26.7 Å². The Labute approximate surface area is 98.0 Å². The topological polar surface area (TPSA) is 3.24 Å². The van der Waals surface area contributed by atoms with Crippen LogP contribution in [0.5, 0.6) is 0 Å². The number of benzene rings is 1. The molecule has 0 aliphatic rings. The average molecular weight is 223 g/mol. The van der Waals surface area contributed by atoms with E-state index in [1.54, 1.807) is 0 Å². The van der Waals surface area contributed by atoms with E-state index in [2.05, 4.69) is 55.5 Å². The fourth-order valence-electron chi connectivity index (χ4n) is 1.31. The molecule has 2 heteroatoms. The zero-order valence-corrected chi connectivity index (χ0v) is 10.8. The lowest BCUT2D eigenvalue weighted by Crippen LogP contribution is -2.13. The van der Waals surface area contributed by atoms with Crippen LogP contribution in [0.3, 0.4) is 0 Å². The van der Waals surface area contributed by atoms with Gasteiger partial charge in [0.2, 0.25) is 0 Å². The van der Waals surface area contributed by atoms with Gasteiger partial charge in [-0.3, -0.25) is 0 Å². The molecule has 0 fully saturated rings. The highest BCUT2D eigenvalue weighted by Gasteiger charge is 2.03. The minimum absolute atomic E-state index is 0.837. The second kappa shape index (κ2) is 6.91. The van der Waals surface area contributed by atoms with Crippen molar-refractivity contribution in [2.75, 3.05) is 13.6 Å². The summed E-state index contributed by atoms with van der Waals surface area (Å²) in [5, 5.41) is 0. The summed E-state index contributed by atoms with van der Waals surface area (Å²) in [4.78, 5) is 1.32. The Morgan fingerprint density at radius 3 is 2.53 bits per heavy atom. The van der Waals surface area contributed by atoms with Crippen molar-refractivity contribution in [3.63, 3.8) is 0 Å². The molecule has 0 saturated carbocycles. The standard InChI is InChI=1S/C13H21NS/c1-4-12(2)10-11-14(3)15-13-8-6-5-7-9-13/h5-9,12H,4,10-11H2,1-3H3. The van der Waals surface area contributed by atoms with Gasteiger partial charge in [-0.1, -0.05) is 38.5 Å². The van der Waals surface area contributed by atoms with Crippen LogP contribution in [0, 0.1) is 5.92 Å². The lowest BCUT2D eigenvalue weighted by molar-refractivity contribution is 0.441. The van der Waals surface area contributed by atoms with Crippen molar-refractivity contribution < 1.29 is 0 Å². The molecule has 0 heterocycles. The first-order valence-corrected chi connectivity index (χ1v) is 6.44. The summed E-state index contributed by atoms with van der Waals surface area (Å²) in [5.41, 5.74) is 0. The molecule has 15 heavy (non-hydrogen) atoms. The predicted octanol–water partition coefficient (Wildman–Crippen LogP) is 4.06. The monoisotopic (exact) mass is 223 g/mol. The van der Waals surface area contributed by atoms with Gasteiger partial charge >= 0.3 is 0 Å². The maximum Gasteiger partial charge on any atom is 0.0230 e. The number of rotatable bonds is 6. The fourth-order valence-corrected chi connectivity index (χ4v) is 2.15. The molecule has 84 valence electrons. The van der Waals surface area contributed by atoms with Gasteiger partial charge in [-0.25, -0.2) is 4.31 Å². The summed E-state index contributed by atoms with van der Waals surface area (Å²) in [5.74, 6) is 0.837. The molecule has 0 aliphatic heterocycles. The van der Waals surface area contributed by atoms with Gasteiger partial charge in [0, 0.05) is 11.4 Å². The van der Waals surface area contributed by atoms with Gasteiger partial charge in [0.05, 0.1) is 0 Å². The van der Waals surface area contributed by atoms with Crippen LogP contribution in [0.2, 0.25) is 0 Å². The Kier molecular flexibility index (Phi) is 5.81. The molecule has 0 aliphatic carbocycles. The van der Waals surface area contributed by atoms with Crippen LogP contribution in [0.4, 0.5) is 0 Å². The number of hydrogen-bond donors (Lipinski definition) is 0. The average Bonchev–Trinajstić information content (AvgIpc) is 2.27. The van der Waals surface area contributed by atoms with E-state index in [-0.39, 0.29) is 0 Å². The van der Waals surface area contributed by atoms with Crippen molar-refractivity contribution in [3.8, 4) is 0 Å². The Hall–Kier alpha value is -0.470. The number of hydrogen-bond acceptors (Lipinski definition) is 2. The van der Waals surface area contributed by atoms with Crippen molar-refractivity contribution >= 4 is 11.9 Å². The van der Waals surface area contributed by atoms with E-state index in [1.807, 2.05) is 11.9 Å². The molecule has 0 bridgehead atoms. The summed E-state index contributed by atoms with van der Waals surface area (Å²) < 4.78 is 2.32. The molecular weight excluding hydrogens is 202 g/mol. The van der Waals surface area contributed by atoms with Crippen LogP contribution in [-0.4, -0.2) is 17.9 Å². The molecule has 0 N–H and O–H groups in total. The minimum Gasteiger partial charge on any atom is -0.249 e. The summed E-state index contributed by atoms with van der Waals surface area (Å²) in [6.07, 6.45) is 2.57. The molecule has 0 amide bonds. The molecule has 1 nitrogen and oxygen atoms in total. The summed E-state index contributed by atoms with van der Waals surface area (Å²) in [6.45, 7) is 5.74. The molecule has 1 rings (SSSR count). The van der Waals surface area contributed by atoms with Crippen molar-refractivity contribution in [2.24, 2.45) is 5.92 Å². The van der Waals surface area contributed by atoms with Gasteiger partial charge in [-0.2, -0.15) is 0 Å². The van der Waals surface area contributed by atoms with Gasteiger partial charge in [-0.05, 0) is 43.5 Å². The van der Waals surface area contributed by atoms with Gasteiger partial charge in [-0.15, -0.1) is 0 Å². The van der Waals surface area contributed by atoms with Gasteiger partial charge in [0.1, 0.15) is 0 Å². The third-order valence-corrected chi connectivity index (χ3v) is 3.62. The Balaban J connectivity index is 2.27. The van der Waals surface area contributed by atoms with E-state index in [0.29, 0.717) is 0 Å². The number of nitrogens with zero attached hydrogens (tertiary/aromatic N) is 1. The maximum atomic E-state index is 2.32. The molecule has 0 aromatic heterocycles. The van der Waals surface area contributed by atoms with Crippen molar-refractivity contribution in [1.82, 2.24) is 4.31 Å². The zero-order chi connectivity index (χ0) is 11.1. The highest BCUT2D eigenvalue weighted by molar-refractivity contribution is 7.97. The van der Waals surface area contributed by atoms with E-state index in [0.717, 1.165) is 12.5 Å². The lowest BCUT2D eigenvalue weighted by atomic mass is 10.1. The molecular formula is C13H21NS. The van der Waals surface area contributed by atoms with Gasteiger partial charge in [0.25, 0.3) is 0 Å². The van der Waals surface area contributed by atoms with Crippen LogP contribution in [-0.2, 0) is 0 Å². The van der Waals surface area contributed by atoms with Crippen molar-refractivity contribution in [3.05, 3.63) is 30.3 Å². The van der Waals surface area contributed by atoms with Gasteiger partial charge < -0.3 is 0 Å². The second-order valence-corrected chi connectivity index (χ2v) is 5.34. The molecule has 1 aromatic carbocycles. The van der Waals surface area contributed by atoms with E-state index in [9.17, 15) is 0 Å². The molecule has 0 spiro atoms. The van der Waals surface area contributed by atoms with E-state index >= 15 is 0 Å². The first-order chi connectivity index (χ1) is 7.22. The molecule has 0 saturated heterocycles. The Morgan fingerprint density at radius 1 is 1.27 bits per heavy atom. The zero-order valence-electron chi connectivity index (χ0n) is 9.94. The quantitative estimate of drug-likeness (QED) is 0.669. The van der Waals surface area contributed by atoms with Crippen LogP contribution in [0.25, 0.3) is 0 Å². The van der Waals surface area contributed by atoms with Crippen molar-refractivity contribution in [2.45, 2.75) is 31.6 Å². The van der Waals surface area contributed by atoms with Gasteiger partial charge in [0.15, 0.2) is 0 Å². The molecule has 0 radical (unpaired) electrons. The maximum absolute atomic E-state index is 2.32. The summed E-state index contributed by atoms with van der Waals surface area (Å²) in [6, 6.07) is 10.5. The van der Waals surface area contributed by atoms with Crippen LogP contribution in [0.15, 0.2) is 35.2 Å². The van der Waals surface area contributed by atoms with Crippen LogP contribution < -0.4 is 0 Å². The third kappa shape index (κ3) is 5.24. The fraction of sp³-hybridized carbons (Fsp3) is 0.538. The van der Waals surface area contributed by atoms with E-state index < -0.39 is 0 Å². The smallest absolute Gasteiger partial charge is 0.0230 e.